The molecule has 1 aliphatic rings. The Morgan fingerprint density at radius 1 is 1.44 bits per heavy atom. The van der Waals surface area contributed by atoms with Gasteiger partial charge in [0, 0.05) is 18.3 Å². The molecule has 2 rings (SSSR count). The number of rotatable bonds is 4. The number of H-pyrrole nitrogens is 1. The van der Waals surface area contributed by atoms with Crippen molar-refractivity contribution in [3.8, 4) is 0 Å². The molecular formula is C13H20N2O3. The molecule has 0 aliphatic heterocycles. The molecule has 5 nitrogen and oxygen atoms in total. The van der Waals surface area contributed by atoms with Crippen LogP contribution < -0.4 is 5.32 Å². The second-order valence-electron chi connectivity index (χ2n) is 4.78. The quantitative estimate of drug-likeness (QED) is 0.704. The number of aromatic amines is 1. The zero-order valence-corrected chi connectivity index (χ0v) is 10.6. The van der Waals surface area contributed by atoms with Crippen LogP contribution in [-0.4, -0.2) is 35.3 Å². The molecule has 0 atom stereocenters. The van der Waals surface area contributed by atoms with Crippen molar-refractivity contribution in [1.82, 2.24) is 10.3 Å². The molecule has 1 fully saturated rings. The Morgan fingerprint density at radius 2 is 2.17 bits per heavy atom. The number of aliphatic hydroxyl groups is 1. The van der Waals surface area contributed by atoms with Gasteiger partial charge in [-0.05, 0) is 37.8 Å². The first-order valence-corrected chi connectivity index (χ1v) is 6.36. The highest BCUT2D eigenvalue weighted by molar-refractivity contribution is 5.87. The van der Waals surface area contributed by atoms with E-state index in [0.717, 1.165) is 31.4 Å². The molecule has 0 saturated heterocycles. The molecule has 3 N–H and O–H groups in total. The van der Waals surface area contributed by atoms with E-state index in [2.05, 4.69) is 15.0 Å². The number of hydrogen-bond acceptors (Lipinski definition) is 4. The van der Waals surface area contributed by atoms with E-state index < -0.39 is 0 Å². The maximum absolute atomic E-state index is 11.3. The van der Waals surface area contributed by atoms with Gasteiger partial charge < -0.3 is 20.1 Å². The van der Waals surface area contributed by atoms with Gasteiger partial charge in [0.1, 0.15) is 5.69 Å². The first-order valence-electron chi connectivity index (χ1n) is 6.36. The van der Waals surface area contributed by atoms with Crippen LogP contribution in [0.2, 0.25) is 0 Å². The SMILES string of the molecule is COC(=O)c1ccc(CNC2CCC(O)CC2)[nH]1. The molecule has 18 heavy (non-hydrogen) atoms. The molecule has 0 spiro atoms. The lowest BCUT2D eigenvalue weighted by Gasteiger charge is -2.26. The fraction of sp³-hybridized carbons (Fsp3) is 0.615. The van der Waals surface area contributed by atoms with Gasteiger partial charge in [-0.25, -0.2) is 4.79 Å². The lowest BCUT2D eigenvalue weighted by atomic mass is 9.93. The van der Waals surface area contributed by atoms with Crippen LogP contribution >= 0.6 is 0 Å². The number of carbonyl (C=O) groups is 1. The first kappa shape index (κ1) is 13.1. The molecule has 5 heteroatoms. The number of carbonyl (C=O) groups excluding carboxylic acids is 1. The highest BCUT2D eigenvalue weighted by atomic mass is 16.5. The standard InChI is InChI=1S/C13H20N2O3/c1-18-13(17)12-7-4-10(15-12)8-14-9-2-5-11(16)6-3-9/h4,7,9,11,14-16H,2-3,5-6,8H2,1H3. The fourth-order valence-electron chi connectivity index (χ4n) is 2.31. The topological polar surface area (TPSA) is 74.3 Å². The van der Waals surface area contributed by atoms with Crippen molar-refractivity contribution in [2.24, 2.45) is 0 Å². The van der Waals surface area contributed by atoms with Crippen molar-refractivity contribution in [2.75, 3.05) is 7.11 Å². The van der Waals surface area contributed by atoms with Gasteiger partial charge in [-0.3, -0.25) is 0 Å². The Kier molecular flexibility index (Phi) is 4.38. The molecule has 1 aliphatic carbocycles. The van der Waals surface area contributed by atoms with Gasteiger partial charge in [-0.1, -0.05) is 0 Å². The Balaban J connectivity index is 1.79. The number of aliphatic hydroxyl groups excluding tert-OH is 1. The molecule has 0 aromatic carbocycles. The fourth-order valence-corrected chi connectivity index (χ4v) is 2.31. The molecular weight excluding hydrogens is 232 g/mol. The number of esters is 1. The second-order valence-corrected chi connectivity index (χ2v) is 4.78. The van der Waals surface area contributed by atoms with Crippen molar-refractivity contribution in [3.05, 3.63) is 23.5 Å². The Bertz CT molecular complexity index is 395. The van der Waals surface area contributed by atoms with E-state index >= 15 is 0 Å². The molecule has 0 amide bonds. The van der Waals surface area contributed by atoms with E-state index in [-0.39, 0.29) is 12.1 Å². The molecule has 1 aromatic rings. The molecule has 0 unspecified atom stereocenters. The molecule has 0 radical (unpaired) electrons. The summed E-state index contributed by atoms with van der Waals surface area (Å²) in [6.07, 6.45) is 3.63. The lowest BCUT2D eigenvalue weighted by molar-refractivity contribution is 0.0594. The number of ether oxygens (including phenoxy) is 1. The van der Waals surface area contributed by atoms with Gasteiger partial charge in [0.2, 0.25) is 0 Å². The van der Waals surface area contributed by atoms with Crippen LogP contribution in [0.3, 0.4) is 0 Å². The summed E-state index contributed by atoms with van der Waals surface area (Å²) < 4.78 is 4.64. The minimum absolute atomic E-state index is 0.125. The second kappa shape index (κ2) is 6.02. The largest absolute Gasteiger partial charge is 0.464 e. The van der Waals surface area contributed by atoms with E-state index in [4.69, 9.17) is 0 Å². The van der Waals surface area contributed by atoms with Crippen LogP contribution in [0.15, 0.2) is 12.1 Å². The van der Waals surface area contributed by atoms with Crippen LogP contribution in [0, 0.1) is 0 Å². The van der Waals surface area contributed by atoms with Gasteiger partial charge in [-0.2, -0.15) is 0 Å². The van der Waals surface area contributed by atoms with Crippen LogP contribution in [0.1, 0.15) is 41.9 Å². The number of methoxy groups -OCH3 is 1. The van der Waals surface area contributed by atoms with Crippen molar-refractivity contribution in [1.29, 1.82) is 0 Å². The summed E-state index contributed by atoms with van der Waals surface area (Å²) in [5, 5.41) is 12.9. The maximum atomic E-state index is 11.3. The lowest BCUT2D eigenvalue weighted by Crippen LogP contribution is -2.34. The van der Waals surface area contributed by atoms with Gasteiger partial charge in [0.15, 0.2) is 0 Å². The van der Waals surface area contributed by atoms with Crippen molar-refractivity contribution in [3.63, 3.8) is 0 Å². The zero-order valence-electron chi connectivity index (χ0n) is 10.6. The smallest absolute Gasteiger partial charge is 0.354 e. The summed E-state index contributed by atoms with van der Waals surface area (Å²) in [6, 6.07) is 4.07. The predicted molar refractivity (Wildman–Crippen MR) is 67.2 cm³/mol. The summed E-state index contributed by atoms with van der Waals surface area (Å²) >= 11 is 0. The molecule has 1 heterocycles. The van der Waals surface area contributed by atoms with Crippen LogP contribution in [0.5, 0.6) is 0 Å². The Hall–Kier alpha value is -1.33. The Morgan fingerprint density at radius 3 is 2.83 bits per heavy atom. The number of nitrogens with one attached hydrogen (secondary N) is 2. The van der Waals surface area contributed by atoms with E-state index in [1.165, 1.54) is 7.11 Å². The molecule has 100 valence electrons. The highest BCUT2D eigenvalue weighted by Gasteiger charge is 2.18. The van der Waals surface area contributed by atoms with Gasteiger partial charge in [-0.15, -0.1) is 0 Å². The monoisotopic (exact) mass is 252 g/mol. The van der Waals surface area contributed by atoms with Gasteiger partial charge in [0.05, 0.1) is 13.2 Å². The maximum Gasteiger partial charge on any atom is 0.354 e. The average Bonchev–Trinajstić information content (AvgIpc) is 2.86. The molecule has 0 bridgehead atoms. The summed E-state index contributed by atoms with van der Waals surface area (Å²) in [5.41, 5.74) is 1.45. The van der Waals surface area contributed by atoms with E-state index in [0.29, 0.717) is 18.3 Å². The van der Waals surface area contributed by atoms with Gasteiger partial charge in [0.25, 0.3) is 0 Å². The predicted octanol–water partition coefficient (Wildman–Crippen LogP) is 1.19. The molecule has 1 aromatic heterocycles. The summed E-state index contributed by atoms with van der Waals surface area (Å²) in [6.45, 7) is 0.706. The zero-order chi connectivity index (χ0) is 13.0. The third kappa shape index (κ3) is 3.34. The summed E-state index contributed by atoms with van der Waals surface area (Å²) in [4.78, 5) is 14.3. The highest BCUT2D eigenvalue weighted by Crippen LogP contribution is 2.18. The first-order chi connectivity index (χ1) is 8.69. The van der Waals surface area contributed by atoms with E-state index in [1.807, 2.05) is 6.07 Å². The summed E-state index contributed by atoms with van der Waals surface area (Å²) in [5.74, 6) is -0.345. The third-order valence-corrected chi connectivity index (χ3v) is 3.43. The third-order valence-electron chi connectivity index (χ3n) is 3.43. The number of hydrogen-bond donors (Lipinski definition) is 3. The normalized spacial score (nSPS) is 23.9. The molecule has 1 saturated carbocycles. The minimum Gasteiger partial charge on any atom is -0.464 e. The minimum atomic E-state index is -0.345. The van der Waals surface area contributed by atoms with Crippen LogP contribution in [-0.2, 0) is 11.3 Å². The van der Waals surface area contributed by atoms with Crippen molar-refractivity contribution in [2.45, 2.75) is 44.4 Å². The summed E-state index contributed by atoms with van der Waals surface area (Å²) in [7, 11) is 1.37. The van der Waals surface area contributed by atoms with Gasteiger partial charge >= 0.3 is 5.97 Å². The van der Waals surface area contributed by atoms with E-state index in [9.17, 15) is 9.90 Å². The van der Waals surface area contributed by atoms with Crippen molar-refractivity contribution < 1.29 is 14.6 Å². The van der Waals surface area contributed by atoms with Crippen LogP contribution in [0.4, 0.5) is 0 Å². The number of aromatic nitrogens is 1. The van der Waals surface area contributed by atoms with Crippen LogP contribution in [0.25, 0.3) is 0 Å². The van der Waals surface area contributed by atoms with Crippen molar-refractivity contribution >= 4 is 5.97 Å². The average molecular weight is 252 g/mol. The van der Waals surface area contributed by atoms with E-state index in [1.54, 1.807) is 6.07 Å². The Labute approximate surface area is 107 Å².